The topological polar surface area (TPSA) is 34.1 Å². The number of rotatable bonds is 5. The molecule has 0 bridgehead atoms. The standard InChI is InChI=1S/C15H20Cl2O2S/c1-11(2)7-15(9-16,10-17)13-8-20(18,19)14-6-4-3-5-12(13)14/h3-6,11,13H,7-10H2,1-2H3. The van der Waals surface area contributed by atoms with E-state index in [4.69, 9.17) is 23.2 Å². The van der Waals surface area contributed by atoms with E-state index < -0.39 is 9.84 Å². The Morgan fingerprint density at radius 3 is 2.40 bits per heavy atom. The first-order chi connectivity index (χ1) is 9.36. The lowest BCUT2D eigenvalue weighted by molar-refractivity contribution is 0.252. The van der Waals surface area contributed by atoms with E-state index in [1.54, 1.807) is 12.1 Å². The molecule has 20 heavy (non-hydrogen) atoms. The summed E-state index contributed by atoms with van der Waals surface area (Å²) in [6, 6.07) is 7.24. The third-order valence-corrected chi connectivity index (χ3v) is 6.98. The Morgan fingerprint density at radius 1 is 1.25 bits per heavy atom. The minimum Gasteiger partial charge on any atom is -0.224 e. The average molecular weight is 335 g/mol. The highest BCUT2D eigenvalue weighted by molar-refractivity contribution is 7.91. The molecule has 1 aliphatic rings. The van der Waals surface area contributed by atoms with E-state index in [-0.39, 0.29) is 17.1 Å². The van der Waals surface area contributed by atoms with Crippen molar-refractivity contribution in [1.82, 2.24) is 0 Å². The number of alkyl halides is 2. The second-order valence-corrected chi connectivity index (χ2v) is 8.64. The Morgan fingerprint density at radius 2 is 1.85 bits per heavy atom. The van der Waals surface area contributed by atoms with Crippen molar-refractivity contribution >= 4 is 33.0 Å². The number of hydrogen-bond acceptors (Lipinski definition) is 2. The number of fused-ring (bicyclic) bond motifs is 1. The zero-order valence-corrected chi connectivity index (χ0v) is 14.1. The van der Waals surface area contributed by atoms with Gasteiger partial charge in [0.15, 0.2) is 9.84 Å². The highest BCUT2D eigenvalue weighted by atomic mass is 35.5. The molecule has 0 amide bonds. The Balaban J connectivity index is 2.52. The fraction of sp³-hybridized carbons (Fsp3) is 0.600. The van der Waals surface area contributed by atoms with Gasteiger partial charge in [-0.2, -0.15) is 0 Å². The molecule has 112 valence electrons. The van der Waals surface area contributed by atoms with Gasteiger partial charge in [-0.1, -0.05) is 32.0 Å². The zero-order valence-electron chi connectivity index (χ0n) is 11.8. The van der Waals surface area contributed by atoms with Gasteiger partial charge in [0.1, 0.15) is 0 Å². The molecule has 0 radical (unpaired) electrons. The van der Waals surface area contributed by atoms with Crippen molar-refractivity contribution in [3.05, 3.63) is 29.8 Å². The zero-order chi connectivity index (χ0) is 15.0. The molecule has 5 heteroatoms. The summed E-state index contributed by atoms with van der Waals surface area (Å²) < 4.78 is 24.7. The summed E-state index contributed by atoms with van der Waals surface area (Å²) in [7, 11) is -3.21. The van der Waals surface area contributed by atoms with E-state index in [0.29, 0.717) is 22.6 Å². The lowest BCUT2D eigenvalue weighted by atomic mass is 9.71. The maximum absolute atomic E-state index is 12.3. The van der Waals surface area contributed by atoms with Crippen LogP contribution in [0.3, 0.4) is 0 Å². The van der Waals surface area contributed by atoms with E-state index >= 15 is 0 Å². The van der Waals surface area contributed by atoms with Crippen molar-refractivity contribution in [3.63, 3.8) is 0 Å². The van der Waals surface area contributed by atoms with Crippen molar-refractivity contribution in [1.29, 1.82) is 0 Å². The predicted molar refractivity (Wildman–Crippen MR) is 84.6 cm³/mol. The van der Waals surface area contributed by atoms with E-state index in [0.717, 1.165) is 12.0 Å². The quantitative estimate of drug-likeness (QED) is 0.760. The van der Waals surface area contributed by atoms with E-state index in [9.17, 15) is 8.42 Å². The minimum atomic E-state index is -3.21. The van der Waals surface area contributed by atoms with Crippen LogP contribution in [0.15, 0.2) is 29.2 Å². The second-order valence-electron chi connectivity index (χ2n) is 6.10. The summed E-state index contributed by atoms with van der Waals surface area (Å²) >= 11 is 12.5. The first-order valence-electron chi connectivity index (χ1n) is 6.80. The highest BCUT2D eigenvalue weighted by Gasteiger charge is 2.47. The van der Waals surface area contributed by atoms with Crippen molar-refractivity contribution in [2.75, 3.05) is 17.5 Å². The van der Waals surface area contributed by atoms with Gasteiger partial charge in [0, 0.05) is 23.1 Å². The molecule has 0 saturated heterocycles. The number of sulfone groups is 1. The fourth-order valence-corrected chi connectivity index (χ4v) is 6.13. The SMILES string of the molecule is CC(C)CC(CCl)(CCl)C1CS(=O)(=O)c2ccccc21. The lowest BCUT2D eigenvalue weighted by Gasteiger charge is -2.37. The van der Waals surface area contributed by atoms with Gasteiger partial charge >= 0.3 is 0 Å². The van der Waals surface area contributed by atoms with Crippen molar-refractivity contribution in [2.24, 2.45) is 11.3 Å². The maximum Gasteiger partial charge on any atom is 0.179 e. The summed E-state index contributed by atoms with van der Waals surface area (Å²) in [5, 5.41) is 0. The number of hydrogen-bond donors (Lipinski definition) is 0. The summed E-state index contributed by atoms with van der Waals surface area (Å²) in [6.45, 7) is 4.23. The minimum absolute atomic E-state index is 0.110. The van der Waals surface area contributed by atoms with Crippen LogP contribution in [0.5, 0.6) is 0 Å². The summed E-state index contributed by atoms with van der Waals surface area (Å²) in [5.41, 5.74) is 0.520. The first kappa shape index (κ1) is 16.1. The molecule has 2 rings (SSSR count). The Kier molecular flexibility index (Phi) is 4.73. The normalized spacial score (nSPS) is 21.1. The molecule has 0 fully saturated rings. The molecule has 2 nitrogen and oxygen atoms in total. The van der Waals surface area contributed by atoms with E-state index in [1.807, 2.05) is 12.1 Å². The van der Waals surface area contributed by atoms with Gasteiger partial charge in [-0.05, 0) is 24.0 Å². The molecule has 1 atom stereocenters. The van der Waals surface area contributed by atoms with Gasteiger partial charge in [-0.3, -0.25) is 0 Å². The molecule has 1 aromatic rings. The molecular formula is C15H20Cl2O2S. The van der Waals surface area contributed by atoms with Crippen LogP contribution >= 0.6 is 23.2 Å². The van der Waals surface area contributed by atoms with Crippen LogP contribution < -0.4 is 0 Å². The van der Waals surface area contributed by atoms with Crippen LogP contribution in [0.2, 0.25) is 0 Å². The average Bonchev–Trinajstić information content (AvgIpc) is 2.69. The van der Waals surface area contributed by atoms with Gasteiger partial charge in [0.05, 0.1) is 10.6 Å². The third-order valence-electron chi connectivity index (χ3n) is 4.10. The monoisotopic (exact) mass is 334 g/mol. The molecular weight excluding hydrogens is 315 g/mol. The molecule has 0 N–H and O–H groups in total. The summed E-state index contributed by atoms with van der Waals surface area (Å²) in [5.74, 6) is 1.19. The molecule has 1 aromatic carbocycles. The smallest absolute Gasteiger partial charge is 0.179 e. The Labute approximate surface area is 131 Å². The lowest BCUT2D eigenvalue weighted by Crippen LogP contribution is -2.35. The van der Waals surface area contributed by atoms with Crippen LogP contribution in [0.1, 0.15) is 31.7 Å². The first-order valence-corrected chi connectivity index (χ1v) is 9.52. The van der Waals surface area contributed by atoms with Gasteiger partial charge in [0.25, 0.3) is 0 Å². The predicted octanol–water partition coefficient (Wildman–Crippen LogP) is 4.07. The molecule has 0 saturated carbocycles. The summed E-state index contributed by atoms with van der Waals surface area (Å²) in [4.78, 5) is 0.452. The maximum atomic E-state index is 12.3. The molecule has 1 unspecified atom stereocenters. The van der Waals surface area contributed by atoms with E-state index in [1.165, 1.54) is 0 Å². The fourth-order valence-electron chi connectivity index (χ4n) is 3.24. The molecule has 0 aliphatic carbocycles. The van der Waals surface area contributed by atoms with Gasteiger partial charge < -0.3 is 0 Å². The van der Waals surface area contributed by atoms with E-state index in [2.05, 4.69) is 13.8 Å². The molecule has 1 heterocycles. The molecule has 0 spiro atoms. The number of halogens is 2. The highest BCUT2D eigenvalue weighted by Crippen LogP contribution is 2.49. The molecule has 1 aliphatic heterocycles. The third kappa shape index (κ3) is 2.72. The van der Waals surface area contributed by atoms with Crippen LogP contribution in [0.25, 0.3) is 0 Å². The number of benzene rings is 1. The Bertz CT molecular complexity index is 577. The molecule has 0 aromatic heterocycles. The van der Waals surface area contributed by atoms with Crippen molar-refractivity contribution in [3.8, 4) is 0 Å². The van der Waals surface area contributed by atoms with Gasteiger partial charge in [-0.15, -0.1) is 23.2 Å². The largest absolute Gasteiger partial charge is 0.224 e. The van der Waals surface area contributed by atoms with Crippen LogP contribution in [0.4, 0.5) is 0 Å². The van der Waals surface area contributed by atoms with Crippen LogP contribution in [-0.2, 0) is 9.84 Å². The van der Waals surface area contributed by atoms with Crippen molar-refractivity contribution < 1.29 is 8.42 Å². The Hall–Kier alpha value is -0.250. The second kappa shape index (κ2) is 5.86. The van der Waals surface area contributed by atoms with Gasteiger partial charge in [-0.25, -0.2) is 8.42 Å². The van der Waals surface area contributed by atoms with Crippen molar-refractivity contribution in [2.45, 2.75) is 31.1 Å². The van der Waals surface area contributed by atoms with Gasteiger partial charge in [0.2, 0.25) is 0 Å². The summed E-state index contributed by atoms with van der Waals surface area (Å²) in [6.07, 6.45) is 0.828. The van der Waals surface area contributed by atoms with Crippen LogP contribution in [0, 0.1) is 11.3 Å². The van der Waals surface area contributed by atoms with Crippen LogP contribution in [-0.4, -0.2) is 25.9 Å².